The lowest BCUT2D eigenvalue weighted by atomic mass is 9.94. The Labute approximate surface area is 173 Å². The molecule has 0 aromatic heterocycles. The van der Waals surface area contributed by atoms with Crippen LogP contribution in [0, 0.1) is 0 Å². The summed E-state index contributed by atoms with van der Waals surface area (Å²) in [6.45, 7) is 2.61. The van der Waals surface area contributed by atoms with Gasteiger partial charge < -0.3 is 4.90 Å². The van der Waals surface area contributed by atoms with Gasteiger partial charge in [-0.2, -0.15) is 4.31 Å². The molecule has 0 N–H and O–H groups in total. The molecule has 0 radical (unpaired) electrons. The molecule has 2 aliphatic rings. The summed E-state index contributed by atoms with van der Waals surface area (Å²) in [4.78, 5) is 16.5. The first kappa shape index (κ1) is 19.6. The van der Waals surface area contributed by atoms with Crippen molar-refractivity contribution in [3.8, 4) is 0 Å². The summed E-state index contributed by atoms with van der Waals surface area (Å²) in [5.41, 5.74) is 1.15. The highest BCUT2D eigenvalue weighted by atomic mass is 79.9. The smallest absolute Gasteiger partial charge is 0.243 e. The molecule has 4 rings (SSSR count). The van der Waals surface area contributed by atoms with Crippen molar-refractivity contribution in [2.45, 2.75) is 17.4 Å². The van der Waals surface area contributed by atoms with Crippen LogP contribution in [-0.2, 0) is 14.8 Å². The van der Waals surface area contributed by atoms with Gasteiger partial charge in [-0.15, -0.1) is 0 Å². The van der Waals surface area contributed by atoms with Crippen molar-refractivity contribution >= 4 is 31.9 Å². The Hall–Kier alpha value is -1.74. The number of halogens is 1. The lowest BCUT2D eigenvalue weighted by Crippen LogP contribution is -2.56. The van der Waals surface area contributed by atoms with Crippen LogP contribution in [0.2, 0.25) is 0 Å². The number of nitrogens with zero attached hydrogens (tertiary/aromatic N) is 3. The van der Waals surface area contributed by atoms with E-state index < -0.39 is 10.0 Å². The zero-order valence-corrected chi connectivity index (χ0v) is 17.8. The molecule has 0 unspecified atom stereocenters. The van der Waals surface area contributed by atoms with Crippen LogP contribution in [0.25, 0.3) is 0 Å². The minimum absolute atomic E-state index is 0.122. The number of rotatable bonds is 5. The van der Waals surface area contributed by atoms with Crippen LogP contribution in [-0.4, -0.2) is 61.3 Å². The number of β-lactam (4-membered cyclic amide) rings is 1. The molecule has 2 aliphatic heterocycles. The summed E-state index contributed by atoms with van der Waals surface area (Å²) in [5, 5.41) is 0. The fourth-order valence-electron chi connectivity index (χ4n) is 3.71. The molecule has 8 heteroatoms. The standard InChI is InChI=1S/C20H22BrN3O3S/c21-17-7-4-8-18(13-17)28(26,27)23-11-9-22(10-12-23)15-24-19(14-20(24)25)16-5-2-1-3-6-16/h1-8,13,19H,9-12,14-15H2/t19-/m0/s1. The van der Waals surface area contributed by atoms with Crippen LogP contribution in [0.15, 0.2) is 64.0 Å². The second kappa shape index (κ2) is 7.94. The van der Waals surface area contributed by atoms with Gasteiger partial charge >= 0.3 is 0 Å². The van der Waals surface area contributed by atoms with E-state index in [1.54, 1.807) is 18.2 Å². The van der Waals surface area contributed by atoms with Gasteiger partial charge in [0.05, 0.1) is 24.0 Å². The first-order valence-electron chi connectivity index (χ1n) is 9.27. The Balaban J connectivity index is 1.37. The van der Waals surface area contributed by atoms with Gasteiger partial charge in [0, 0.05) is 30.7 Å². The Morgan fingerprint density at radius 1 is 0.964 bits per heavy atom. The van der Waals surface area contributed by atoms with E-state index >= 15 is 0 Å². The minimum Gasteiger partial charge on any atom is -0.322 e. The van der Waals surface area contributed by atoms with Crippen molar-refractivity contribution in [2.75, 3.05) is 32.8 Å². The lowest BCUT2D eigenvalue weighted by Gasteiger charge is -2.45. The fourth-order valence-corrected chi connectivity index (χ4v) is 5.73. The van der Waals surface area contributed by atoms with E-state index in [-0.39, 0.29) is 11.9 Å². The van der Waals surface area contributed by atoms with Crippen LogP contribution in [0.5, 0.6) is 0 Å². The summed E-state index contributed by atoms with van der Waals surface area (Å²) < 4.78 is 28.0. The molecule has 0 bridgehead atoms. The number of hydrogen-bond donors (Lipinski definition) is 0. The summed E-state index contributed by atoms with van der Waals surface area (Å²) in [7, 11) is -3.50. The quantitative estimate of drug-likeness (QED) is 0.639. The van der Waals surface area contributed by atoms with Crippen molar-refractivity contribution in [2.24, 2.45) is 0 Å². The number of benzene rings is 2. The molecular weight excluding hydrogens is 442 g/mol. The maximum Gasteiger partial charge on any atom is 0.243 e. The molecule has 1 atom stereocenters. The predicted octanol–water partition coefficient (Wildman–Crippen LogP) is 2.69. The minimum atomic E-state index is -3.50. The number of likely N-dealkylation sites (tertiary alicyclic amines) is 1. The van der Waals surface area contributed by atoms with E-state index in [1.165, 1.54) is 4.31 Å². The monoisotopic (exact) mass is 463 g/mol. The zero-order chi connectivity index (χ0) is 19.7. The van der Waals surface area contributed by atoms with E-state index in [1.807, 2.05) is 41.3 Å². The molecule has 1 amide bonds. The van der Waals surface area contributed by atoms with Gasteiger partial charge in [0.1, 0.15) is 0 Å². The van der Waals surface area contributed by atoms with Crippen molar-refractivity contribution in [1.82, 2.24) is 14.1 Å². The SMILES string of the molecule is O=C1C[C@@H](c2ccccc2)N1CN1CCN(S(=O)(=O)c2cccc(Br)c2)CC1. The molecular formula is C20H22BrN3O3S. The second-order valence-corrected chi connectivity index (χ2v) is 9.97. The second-order valence-electron chi connectivity index (χ2n) is 7.12. The van der Waals surface area contributed by atoms with Gasteiger partial charge in [-0.25, -0.2) is 8.42 Å². The third-order valence-electron chi connectivity index (χ3n) is 5.37. The third kappa shape index (κ3) is 3.87. The molecule has 28 heavy (non-hydrogen) atoms. The van der Waals surface area contributed by atoms with Crippen molar-refractivity contribution in [3.63, 3.8) is 0 Å². The van der Waals surface area contributed by atoms with E-state index in [0.717, 1.165) is 10.0 Å². The highest BCUT2D eigenvalue weighted by Gasteiger charge is 2.38. The van der Waals surface area contributed by atoms with Crippen LogP contribution < -0.4 is 0 Å². The van der Waals surface area contributed by atoms with Gasteiger partial charge in [0.2, 0.25) is 15.9 Å². The van der Waals surface area contributed by atoms with E-state index in [0.29, 0.717) is 44.2 Å². The molecule has 2 fully saturated rings. The Kier molecular flexibility index (Phi) is 5.55. The summed E-state index contributed by atoms with van der Waals surface area (Å²) in [6.07, 6.45) is 0.543. The van der Waals surface area contributed by atoms with Crippen molar-refractivity contribution in [1.29, 1.82) is 0 Å². The number of sulfonamides is 1. The Morgan fingerprint density at radius 3 is 2.32 bits per heavy atom. The van der Waals surface area contributed by atoms with Crippen LogP contribution in [0.4, 0.5) is 0 Å². The molecule has 2 aromatic carbocycles. The van der Waals surface area contributed by atoms with Crippen molar-refractivity contribution in [3.05, 3.63) is 64.6 Å². The number of carbonyl (C=O) groups excluding carboxylic acids is 1. The highest BCUT2D eigenvalue weighted by molar-refractivity contribution is 9.10. The fraction of sp³-hybridized carbons (Fsp3) is 0.350. The van der Waals surface area contributed by atoms with Crippen molar-refractivity contribution < 1.29 is 13.2 Å². The van der Waals surface area contributed by atoms with Crippen LogP contribution in [0.1, 0.15) is 18.0 Å². The molecule has 2 saturated heterocycles. The van der Waals surface area contributed by atoms with Gasteiger partial charge in [0.25, 0.3) is 0 Å². The van der Waals surface area contributed by atoms with Gasteiger partial charge in [-0.05, 0) is 23.8 Å². The largest absolute Gasteiger partial charge is 0.322 e. The predicted molar refractivity (Wildman–Crippen MR) is 110 cm³/mol. The Bertz CT molecular complexity index is 960. The average Bonchev–Trinajstić information content (AvgIpc) is 2.71. The molecule has 2 aromatic rings. The molecule has 0 saturated carbocycles. The number of piperazine rings is 1. The zero-order valence-electron chi connectivity index (χ0n) is 15.4. The Morgan fingerprint density at radius 2 is 1.68 bits per heavy atom. The van der Waals surface area contributed by atoms with Crippen LogP contribution >= 0.6 is 15.9 Å². The van der Waals surface area contributed by atoms with Gasteiger partial charge in [-0.1, -0.05) is 52.3 Å². The van der Waals surface area contributed by atoms with E-state index in [9.17, 15) is 13.2 Å². The van der Waals surface area contributed by atoms with Crippen LogP contribution in [0.3, 0.4) is 0 Å². The maximum atomic E-state index is 12.8. The number of carbonyl (C=O) groups is 1. The van der Waals surface area contributed by atoms with Gasteiger partial charge in [-0.3, -0.25) is 9.69 Å². The molecule has 2 heterocycles. The molecule has 148 valence electrons. The highest BCUT2D eigenvalue weighted by Crippen LogP contribution is 2.34. The van der Waals surface area contributed by atoms with E-state index in [2.05, 4.69) is 20.8 Å². The summed E-state index contributed by atoms with van der Waals surface area (Å²) in [5.74, 6) is 0.151. The number of hydrogen-bond acceptors (Lipinski definition) is 4. The molecule has 6 nitrogen and oxygen atoms in total. The molecule has 0 spiro atoms. The topological polar surface area (TPSA) is 60.9 Å². The average molecular weight is 464 g/mol. The first-order chi connectivity index (χ1) is 13.4. The normalized spacial score (nSPS) is 21.5. The maximum absolute atomic E-state index is 12.8. The van der Waals surface area contributed by atoms with E-state index in [4.69, 9.17) is 0 Å². The number of amides is 1. The first-order valence-corrected chi connectivity index (χ1v) is 11.5. The lowest BCUT2D eigenvalue weighted by molar-refractivity contribution is -0.150. The summed E-state index contributed by atoms with van der Waals surface area (Å²) >= 11 is 3.33. The summed E-state index contributed by atoms with van der Waals surface area (Å²) in [6, 6.07) is 17.0. The molecule has 0 aliphatic carbocycles. The van der Waals surface area contributed by atoms with Gasteiger partial charge in [0.15, 0.2) is 0 Å². The third-order valence-corrected chi connectivity index (χ3v) is 7.75.